The molecular weight excluding hydrogens is 248 g/mol. The molecule has 0 amide bonds. The van der Waals surface area contributed by atoms with Gasteiger partial charge in [-0.05, 0) is 32.5 Å². The number of nitrogens with one attached hydrogen (secondary N) is 1. The molecule has 1 atom stereocenters. The smallest absolute Gasteiger partial charge is 0.134 e. The van der Waals surface area contributed by atoms with E-state index >= 15 is 0 Å². The Kier molecular flexibility index (Phi) is 3.95. The first-order valence-electron chi connectivity index (χ1n) is 6.22. The number of benzene rings is 1. The molecule has 3 nitrogen and oxygen atoms in total. The van der Waals surface area contributed by atoms with E-state index in [1.807, 2.05) is 6.92 Å². The highest BCUT2D eigenvalue weighted by Gasteiger charge is 2.22. The second kappa shape index (κ2) is 5.48. The summed E-state index contributed by atoms with van der Waals surface area (Å²) >= 11 is 0. The molecule has 0 saturated carbocycles. The van der Waals surface area contributed by atoms with Gasteiger partial charge >= 0.3 is 0 Å². The Hall–Kier alpha value is -1.75. The van der Waals surface area contributed by atoms with Crippen LogP contribution in [0.1, 0.15) is 29.7 Å². The molecule has 1 heterocycles. The molecule has 0 bridgehead atoms. The monoisotopic (exact) mass is 265 g/mol. The van der Waals surface area contributed by atoms with Crippen molar-refractivity contribution >= 4 is 0 Å². The van der Waals surface area contributed by atoms with Crippen LogP contribution >= 0.6 is 0 Å². The molecule has 0 spiro atoms. The van der Waals surface area contributed by atoms with Crippen molar-refractivity contribution in [1.29, 1.82) is 0 Å². The van der Waals surface area contributed by atoms with Gasteiger partial charge in [-0.15, -0.1) is 0 Å². The van der Waals surface area contributed by atoms with Crippen molar-refractivity contribution in [1.82, 2.24) is 15.1 Å². The maximum absolute atomic E-state index is 14.2. The second-order valence-electron chi connectivity index (χ2n) is 4.44. The lowest BCUT2D eigenvalue weighted by atomic mass is 9.98. The molecule has 19 heavy (non-hydrogen) atoms. The predicted octanol–water partition coefficient (Wildman–Crippen LogP) is 2.80. The summed E-state index contributed by atoms with van der Waals surface area (Å²) in [5.74, 6) is -1.06. The van der Waals surface area contributed by atoms with Crippen molar-refractivity contribution in [3.05, 3.63) is 52.9 Å². The average molecular weight is 265 g/mol. The molecule has 0 radical (unpaired) electrons. The molecule has 2 aromatic rings. The Morgan fingerprint density at radius 3 is 2.68 bits per heavy atom. The quantitative estimate of drug-likeness (QED) is 0.921. The number of aromatic nitrogens is 2. The minimum Gasteiger partial charge on any atom is -0.309 e. The number of nitrogens with zero attached hydrogens (tertiary/aromatic N) is 2. The topological polar surface area (TPSA) is 29.9 Å². The maximum Gasteiger partial charge on any atom is 0.134 e. The van der Waals surface area contributed by atoms with Gasteiger partial charge in [0.15, 0.2) is 0 Å². The molecule has 5 heteroatoms. The van der Waals surface area contributed by atoms with Gasteiger partial charge in [0.05, 0.1) is 12.2 Å². The average Bonchev–Trinajstić information content (AvgIpc) is 2.87. The van der Waals surface area contributed by atoms with Crippen LogP contribution in [0.4, 0.5) is 8.78 Å². The molecule has 2 rings (SSSR count). The third-order valence-corrected chi connectivity index (χ3v) is 3.21. The molecular formula is C14H17F2N3. The van der Waals surface area contributed by atoms with Crippen LogP contribution < -0.4 is 5.32 Å². The van der Waals surface area contributed by atoms with E-state index in [9.17, 15) is 8.78 Å². The molecule has 1 N–H and O–H groups in total. The van der Waals surface area contributed by atoms with E-state index in [0.717, 1.165) is 12.1 Å². The van der Waals surface area contributed by atoms with Crippen molar-refractivity contribution in [2.45, 2.75) is 26.4 Å². The Morgan fingerprint density at radius 2 is 2.11 bits per heavy atom. The summed E-state index contributed by atoms with van der Waals surface area (Å²) in [5.41, 5.74) is 1.21. The van der Waals surface area contributed by atoms with E-state index in [1.165, 1.54) is 12.1 Å². The van der Waals surface area contributed by atoms with Gasteiger partial charge in [-0.1, -0.05) is 6.07 Å². The number of halogens is 2. The van der Waals surface area contributed by atoms with Crippen LogP contribution in [0.3, 0.4) is 0 Å². The Bertz CT molecular complexity index is 578. The van der Waals surface area contributed by atoms with E-state index in [0.29, 0.717) is 5.56 Å². The summed E-state index contributed by atoms with van der Waals surface area (Å²) in [5, 5.41) is 7.09. The van der Waals surface area contributed by atoms with Gasteiger partial charge in [0, 0.05) is 23.9 Å². The molecule has 1 aromatic carbocycles. The van der Waals surface area contributed by atoms with Crippen LogP contribution in [-0.4, -0.2) is 16.8 Å². The van der Waals surface area contributed by atoms with Crippen LogP contribution in [0.25, 0.3) is 0 Å². The third kappa shape index (κ3) is 2.51. The van der Waals surface area contributed by atoms with Crippen LogP contribution in [0.5, 0.6) is 0 Å². The number of rotatable bonds is 4. The van der Waals surface area contributed by atoms with Crippen molar-refractivity contribution in [2.75, 3.05) is 7.05 Å². The fourth-order valence-electron chi connectivity index (χ4n) is 2.12. The lowest BCUT2D eigenvalue weighted by molar-refractivity contribution is 0.517. The standard InChI is InChI=1S/C14H17F2N3/c1-4-19-8-10(7-18-19)14(17-3)12-11(15)6-5-9(2)13(12)16/h5-8,14,17H,4H2,1-3H3. The fourth-order valence-corrected chi connectivity index (χ4v) is 2.12. The fraction of sp³-hybridized carbons (Fsp3) is 0.357. The molecule has 102 valence electrons. The van der Waals surface area contributed by atoms with E-state index in [4.69, 9.17) is 0 Å². The van der Waals surface area contributed by atoms with Crippen LogP contribution in [0, 0.1) is 18.6 Å². The Morgan fingerprint density at radius 1 is 1.37 bits per heavy atom. The summed E-state index contributed by atoms with van der Waals surface area (Å²) in [6, 6.07) is 2.19. The van der Waals surface area contributed by atoms with Crippen LogP contribution in [-0.2, 0) is 6.54 Å². The summed E-state index contributed by atoms with van der Waals surface area (Å²) < 4.78 is 29.8. The van der Waals surface area contributed by atoms with Crippen molar-refractivity contribution < 1.29 is 8.78 Å². The molecule has 1 unspecified atom stereocenters. The molecule has 0 aliphatic heterocycles. The van der Waals surface area contributed by atoms with Crippen LogP contribution in [0.2, 0.25) is 0 Å². The summed E-state index contributed by atoms with van der Waals surface area (Å²) in [7, 11) is 1.68. The zero-order valence-corrected chi connectivity index (χ0v) is 11.2. The summed E-state index contributed by atoms with van der Waals surface area (Å²) in [6.07, 6.45) is 3.42. The summed E-state index contributed by atoms with van der Waals surface area (Å²) in [4.78, 5) is 0. The minimum atomic E-state index is -0.549. The number of hydrogen-bond acceptors (Lipinski definition) is 2. The van der Waals surface area contributed by atoms with Crippen LogP contribution in [0.15, 0.2) is 24.5 Å². The van der Waals surface area contributed by atoms with E-state index in [2.05, 4.69) is 10.4 Å². The summed E-state index contributed by atoms with van der Waals surface area (Å²) in [6.45, 7) is 4.30. The third-order valence-electron chi connectivity index (χ3n) is 3.21. The zero-order valence-electron chi connectivity index (χ0n) is 11.2. The molecule has 0 saturated heterocycles. The molecule has 0 fully saturated rings. The molecule has 0 aliphatic carbocycles. The minimum absolute atomic E-state index is 0.0400. The van der Waals surface area contributed by atoms with E-state index in [1.54, 1.807) is 31.0 Å². The number of hydrogen-bond donors (Lipinski definition) is 1. The SMILES string of the molecule is CCn1cc(C(NC)c2c(F)ccc(C)c2F)cn1. The van der Waals surface area contributed by atoms with Gasteiger partial charge in [-0.25, -0.2) is 8.78 Å². The highest BCUT2D eigenvalue weighted by molar-refractivity contribution is 5.35. The maximum atomic E-state index is 14.2. The van der Waals surface area contributed by atoms with Crippen molar-refractivity contribution in [3.63, 3.8) is 0 Å². The van der Waals surface area contributed by atoms with Crippen molar-refractivity contribution in [2.24, 2.45) is 0 Å². The van der Waals surface area contributed by atoms with Gasteiger partial charge in [-0.3, -0.25) is 4.68 Å². The van der Waals surface area contributed by atoms with E-state index < -0.39 is 17.7 Å². The lowest BCUT2D eigenvalue weighted by Crippen LogP contribution is -2.20. The lowest BCUT2D eigenvalue weighted by Gasteiger charge is -2.17. The second-order valence-corrected chi connectivity index (χ2v) is 4.44. The Balaban J connectivity index is 2.50. The first kappa shape index (κ1) is 13.7. The largest absolute Gasteiger partial charge is 0.309 e. The van der Waals surface area contributed by atoms with Gasteiger partial charge < -0.3 is 5.32 Å². The molecule has 1 aromatic heterocycles. The molecule has 0 aliphatic rings. The Labute approximate surface area is 111 Å². The highest BCUT2D eigenvalue weighted by atomic mass is 19.1. The number of aryl methyl sites for hydroxylation is 2. The van der Waals surface area contributed by atoms with Gasteiger partial charge in [0.1, 0.15) is 11.6 Å². The normalized spacial score (nSPS) is 12.7. The van der Waals surface area contributed by atoms with Gasteiger partial charge in [0.2, 0.25) is 0 Å². The zero-order chi connectivity index (χ0) is 14.0. The van der Waals surface area contributed by atoms with E-state index in [-0.39, 0.29) is 5.56 Å². The van der Waals surface area contributed by atoms with Crippen molar-refractivity contribution in [3.8, 4) is 0 Å². The van der Waals surface area contributed by atoms with Gasteiger partial charge in [-0.2, -0.15) is 5.10 Å². The first-order valence-corrected chi connectivity index (χ1v) is 6.22. The first-order chi connectivity index (χ1) is 9.08. The van der Waals surface area contributed by atoms with Gasteiger partial charge in [0.25, 0.3) is 0 Å². The highest BCUT2D eigenvalue weighted by Crippen LogP contribution is 2.28. The predicted molar refractivity (Wildman–Crippen MR) is 69.9 cm³/mol.